The Hall–Kier alpha value is -1.99. The number of allylic oxidation sites excluding steroid dienone is 1. The number of hydrogen-bond donors (Lipinski definition) is 1. The molecule has 1 N–H and O–H groups in total. The summed E-state index contributed by atoms with van der Waals surface area (Å²) in [6.45, 7) is 6.17. The van der Waals surface area contributed by atoms with Crippen LogP contribution in [0.5, 0.6) is 0 Å². The molecular weight excluding hydrogens is 463 g/mol. The van der Waals surface area contributed by atoms with E-state index >= 15 is 0 Å². The maximum atomic E-state index is 12.6. The molecular formula is C21H19Cl3N4OS. The lowest BCUT2D eigenvalue weighted by molar-refractivity contribution is 0.0937. The highest BCUT2D eigenvalue weighted by Gasteiger charge is 2.21. The number of thioether (sulfide) groups is 1. The summed E-state index contributed by atoms with van der Waals surface area (Å²) in [6.07, 6.45) is 1.76. The zero-order chi connectivity index (χ0) is 21.7. The Balaban J connectivity index is 1.76. The van der Waals surface area contributed by atoms with E-state index in [-0.39, 0.29) is 11.9 Å². The molecule has 0 saturated carbocycles. The summed E-state index contributed by atoms with van der Waals surface area (Å²) in [5.74, 6) is 0.953. The van der Waals surface area contributed by atoms with Gasteiger partial charge in [0.05, 0.1) is 16.6 Å². The van der Waals surface area contributed by atoms with Gasteiger partial charge in [0, 0.05) is 22.3 Å². The molecule has 2 aromatic carbocycles. The lowest BCUT2D eigenvalue weighted by Gasteiger charge is -2.16. The fraction of sp³-hybridized carbons (Fsp3) is 0.190. The van der Waals surface area contributed by atoms with Crippen molar-refractivity contribution in [3.05, 3.63) is 87.1 Å². The Morgan fingerprint density at radius 2 is 1.97 bits per heavy atom. The number of nitrogens with one attached hydrogen (secondary N) is 1. The number of hydrogen-bond acceptors (Lipinski definition) is 4. The summed E-state index contributed by atoms with van der Waals surface area (Å²) < 4.78 is 1.92. The van der Waals surface area contributed by atoms with Crippen LogP contribution in [-0.2, 0) is 12.3 Å². The first-order valence-electron chi connectivity index (χ1n) is 9.06. The number of carbonyl (C=O) groups is 1. The average Bonchev–Trinajstić information content (AvgIpc) is 3.10. The Kier molecular flexibility index (Phi) is 7.83. The number of benzene rings is 2. The van der Waals surface area contributed by atoms with Gasteiger partial charge in [0.2, 0.25) is 0 Å². The number of carbonyl (C=O) groups excluding carboxylic acids is 1. The number of nitrogens with zero attached hydrogens (tertiary/aromatic N) is 3. The molecule has 0 aliphatic carbocycles. The summed E-state index contributed by atoms with van der Waals surface area (Å²) in [6, 6.07) is 11.9. The Labute approximate surface area is 194 Å². The molecule has 30 heavy (non-hydrogen) atoms. The molecule has 1 amide bonds. The first-order chi connectivity index (χ1) is 14.4. The molecule has 9 heteroatoms. The van der Waals surface area contributed by atoms with E-state index in [0.29, 0.717) is 43.9 Å². The molecule has 0 bridgehead atoms. The topological polar surface area (TPSA) is 59.8 Å². The number of aromatic nitrogens is 3. The summed E-state index contributed by atoms with van der Waals surface area (Å²) in [4.78, 5) is 12.6. The van der Waals surface area contributed by atoms with Gasteiger partial charge in [-0.05, 0) is 36.8 Å². The van der Waals surface area contributed by atoms with Crippen LogP contribution in [0.25, 0.3) is 0 Å². The van der Waals surface area contributed by atoms with Crippen molar-refractivity contribution in [3.8, 4) is 0 Å². The third-order valence-electron chi connectivity index (χ3n) is 4.28. The van der Waals surface area contributed by atoms with Gasteiger partial charge < -0.3 is 9.88 Å². The van der Waals surface area contributed by atoms with E-state index in [1.165, 1.54) is 11.8 Å². The van der Waals surface area contributed by atoms with Crippen LogP contribution in [0.2, 0.25) is 15.1 Å². The minimum Gasteiger partial charge on any atom is -0.342 e. The second-order valence-electron chi connectivity index (χ2n) is 6.44. The van der Waals surface area contributed by atoms with E-state index in [4.69, 9.17) is 34.8 Å². The molecule has 5 nitrogen and oxygen atoms in total. The lowest BCUT2D eigenvalue weighted by Crippen LogP contribution is -2.29. The highest BCUT2D eigenvalue weighted by atomic mass is 35.5. The number of halogens is 3. The summed E-state index contributed by atoms with van der Waals surface area (Å²) in [5, 5.41) is 13.8. The van der Waals surface area contributed by atoms with Crippen molar-refractivity contribution < 1.29 is 4.79 Å². The standard InChI is InChI=1S/C21H19Cl3N4OS/c1-3-10-28-19(13(2)25-20(29)16-6-4-5-7-17(16)23)26-27-21(28)30-12-14-8-9-15(22)11-18(14)24/h3-9,11,13H,1,10,12H2,2H3,(H,25,29)/t13-/m1/s1. The second-order valence-corrected chi connectivity index (χ2v) is 8.63. The molecule has 1 heterocycles. The molecule has 156 valence electrons. The fourth-order valence-electron chi connectivity index (χ4n) is 2.79. The molecule has 0 unspecified atom stereocenters. The predicted octanol–water partition coefficient (Wildman–Crippen LogP) is 6.21. The van der Waals surface area contributed by atoms with Crippen molar-refractivity contribution in [1.29, 1.82) is 0 Å². The summed E-state index contributed by atoms with van der Waals surface area (Å²) >= 11 is 19.9. The minimum absolute atomic E-state index is 0.275. The Morgan fingerprint density at radius 1 is 1.20 bits per heavy atom. The molecule has 0 aliphatic rings. The maximum absolute atomic E-state index is 12.6. The van der Waals surface area contributed by atoms with Crippen LogP contribution in [0.1, 0.15) is 34.7 Å². The second kappa shape index (κ2) is 10.4. The third kappa shape index (κ3) is 5.38. The number of rotatable bonds is 8. The summed E-state index contributed by atoms with van der Waals surface area (Å²) in [5.41, 5.74) is 1.36. The van der Waals surface area contributed by atoms with Gasteiger partial charge in [-0.25, -0.2) is 0 Å². The van der Waals surface area contributed by atoms with Crippen molar-refractivity contribution >= 4 is 52.5 Å². The zero-order valence-corrected chi connectivity index (χ0v) is 19.2. The van der Waals surface area contributed by atoms with Gasteiger partial charge in [0.1, 0.15) is 0 Å². The van der Waals surface area contributed by atoms with Gasteiger partial charge in [-0.2, -0.15) is 0 Å². The van der Waals surface area contributed by atoms with Crippen molar-refractivity contribution in [1.82, 2.24) is 20.1 Å². The molecule has 3 aromatic rings. The Bertz CT molecular complexity index is 1070. The highest BCUT2D eigenvalue weighted by molar-refractivity contribution is 7.98. The van der Waals surface area contributed by atoms with Gasteiger partial charge in [-0.15, -0.1) is 16.8 Å². The van der Waals surface area contributed by atoms with E-state index in [0.717, 1.165) is 5.56 Å². The minimum atomic E-state index is -0.380. The third-order valence-corrected chi connectivity index (χ3v) is 6.21. The lowest BCUT2D eigenvalue weighted by atomic mass is 10.2. The monoisotopic (exact) mass is 480 g/mol. The molecule has 0 aliphatic heterocycles. The van der Waals surface area contributed by atoms with Gasteiger partial charge in [0.15, 0.2) is 11.0 Å². The van der Waals surface area contributed by atoms with Gasteiger partial charge in [0.25, 0.3) is 5.91 Å². The highest BCUT2D eigenvalue weighted by Crippen LogP contribution is 2.29. The molecule has 0 fully saturated rings. The van der Waals surface area contributed by atoms with Crippen LogP contribution in [0.4, 0.5) is 0 Å². The maximum Gasteiger partial charge on any atom is 0.253 e. The van der Waals surface area contributed by atoms with Crippen molar-refractivity contribution in [2.24, 2.45) is 0 Å². The SMILES string of the molecule is C=CCn1c(SCc2ccc(Cl)cc2Cl)nnc1[C@@H](C)NC(=O)c1ccccc1Cl. The summed E-state index contributed by atoms with van der Waals surface area (Å²) in [7, 11) is 0. The van der Waals surface area contributed by atoms with Crippen molar-refractivity contribution in [2.75, 3.05) is 0 Å². The molecule has 1 aromatic heterocycles. The van der Waals surface area contributed by atoms with E-state index in [9.17, 15) is 4.79 Å². The van der Waals surface area contributed by atoms with Gasteiger partial charge in [-0.1, -0.05) is 70.8 Å². The van der Waals surface area contributed by atoms with E-state index in [2.05, 4.69) is 22.1 Å². The smallest absolute Gasteiger partial charge is 0.253 e. The van der Waals surface area contributed by atoms with E-state index in [1.807, 2.05) is 17.6 Å². The average molecular weight is 482 g/mol. The van der Waals surface area contributed by atoms with E-state index in [1.54, 1.807) is 42.5 Å². The normalized spacial score (nSPS) is 11.9. The predicted molar refractivity (Wildman–Crippen MR) is 124 cm³/mol. The van der Waals surface area contributed by atoms with Crippen LogP contribution in [0.15, 0.2) is 60.3 Å². The first kappa shape index (κ1) is 22.7. The van der Waals surface area contributed by atoms with Gasteiger partial charge >= 0.3 is 0 Å². The zero-order valence-electron chi connectivity index (χ0n) is 16.1. The van der Waals surface area contributed by atoms with Crippen LogP contribution < -0.4 is 5.32 Å². The fourth-order valence-corrected chi connectivity index (χ4v) is 4.53. The molecule has 3 rings (SSSR count). The molecule has 0 spiro atoms. The Morgan fingerprint density at radius 3 is 2.67 bits per heavy atom. The largest absolute Gasteiger partial charge is 0.342 e. The van der Waals surface area contributed by atoms with Crippen molar-refractivity contribution in [3.63, 3.8) is 0 Å². The molecule has 0 saturated heterocycles. The van der Waals surface area contributed by atoms with E-state index < -0.39 is 0 Å². The van der Waals surface area contributed by atoms with Gasteiger partial charge in [-0.3, -0.25) is 4.79 Å². The van der Waals surface area contributed by atoms with Crippen LogP contribution >= 0.6 is 46.6 Å². The van der Waals surface area contributed by atoms with Crippen molar-refractivity contribution in [2.45, 2.75) is 30.4 Å². The molecule has 1 atom stereocenters. The molecule has 0 radical (unpaired) electrons. The van der Waals surface area contributed by atoms with Crippen LogP contribution in [-0.4, -0.2) is 20.7 Å². The quantitative estimate of drug-likeness (QED) is 0.307. The van der Waals surface area contributed by atoms with Crippen LogP contribution in [0.3, 0.4) is 0 Å². The number of amides is 1. The first-order valence-corrected chi connectivity index (χ1v) is 11.2. The van der Waals surface area contributed by atoms with Crippen LogP contribution in [0, 0.1) is 0 Å².